The van der Waals surface area contributed by atoms with Crippen molar-refractivity contribution < 1.29 is 9.53 Å². The Morgan fingerprint density at radius 2 is 2.07 bits per heavy atom. The van der Waals surface area contributed by atoms with Gasteiger partial charge in [0.2, 0.25) is 0 Å². The van der Waals surface area contributed by atoms with E-state index >= 15 is 0 Å². The molecule has 0 atom stereocenters. The fraction of sp³-hybridized carbons (Fsp3) is 0.737. The average Bonchev–Trinajstić information content (AvgIpc) is 3.10. The summed E-state index contributed by atoms with van der Waals surface area (Å²) in [6.07, 6.45) is 1.55. The number of carbonyl (C=O) groups excluding carboxylic acids is 1. The summed E-state index contributed by atoms with van der Waals surface area (Å²) < 4.78 is 5.07. The molecular weight excluding hydrogens is 362 g/mol. The molecule has 0 unspecified atom stereocenters. The Morgan fingerprint density at radius 1 is 1.37 bits per heavy atom. The van der Waals surface area contributed by atoms with Gasteiger partial charge in [-0.3, -0.25) is 0 Å². The number of amides is 1. The molecule has 152 valence electrons. The predicted octanol–water partition coefficient (Wildman–Crippen LogP) is 3.12. The van der Waals surface area contributed by atoms with Crippen molar-refractivity contribution in [1.82, 2.24) is 20.5 Å². The first-order chi connectivity index (χ1) is 12.8. The Balaban J connectivity index is 1.89. The molecule has 27 heavy (non-hydrogen) atoms. The van der Waals surface area contributed by atoms with Crippen molar-refractivity contribution >= 4 is 23.4 Å². The number of hydrogen-bond acceptors (Lipinski definition) is 5. The van der Waals surface area contributed by atoms with Gasteiger partial charge < -0.3 is 20.3 Å². The van der Waals surface area contributed by atoms with Gasteiger partial charge in [0.25, 0.3) is 0 Å². The molecule has 1 aliphatic rings. The topological polar surface area (TPSA) is 78.9 Å². The van der Waals surface area contributed by atoms with E-state index < -0.39 is 0 Å². The zero-order chi connectivity index (χ0) is 19.9. The number of likely N-dealkylation sites (tertiary alicyclic amines) is 1. The first-order valence-electron chi connectivity index (χ1n) is 9.75. The summed E-state index contributed by atoms with van der Waals surface area (Å²) in [4.78, 5) is 23.0. The van der Waals surface area contributed by atoms with E-state index in [1.165, 1.54) is 0 Å². The van der Waals surface area contributed by atoms with Gasteiger partial charge in [0, 0.05) is 36.5 Å². The Bertz CT molecular complexity index is 630. The highest BCUT2D eigenvalue weighted by atomic mass is 32.1. The minimum Gasteiger partial charge on any atom is -0.450 e. The Labute approximate surface area is 166 Å². The number of nitrogens with one attached hydrogen (secondary N) is 2. The summed E-state index contributed by atoms with van der Waals surface area (Å²) in [5.74, 6) is 0.803. The van der Waals surface area contributed by atoms with Crippen molar-refractivity contribution in [2.75, 3.05) is 26.2 Å². The van der Waals surface area contributed by atoms with Crippen LogP contribution in [0.15, 0.2) is 10.4 Å². The van der Waals surface area contributed by atoms with Gasteiger partial charge in [0.05, 0.1) is 23.9 Å². The lowest BCUT2D eigenvalue weighted by Crippen LogP contribution is -2.49. The predicted molar refractivity (Wildman–Crippen MR) is 110 cm³/mol. The fourth-order valence-electron chi connectivity index (χ4n) is 2.82. The number of thiazole rings is 1. The van der Waals surface area contributed by atoms with Crippen LogP contribution in [0, 0.1) is 0 Å². The van der Waals surface area contributed by atoms with Crippen LogP contribution in [0.5, 0.6) is 0 Å². The molecule has 8 heteroatoms. The minimum atomic E-state index is -0.213. The van der Waals surface area contributed by atoms with Crippen LogP contribution >= 0.6 is 11.3 Å². The molecule has 1 aromatic rings. The van der Waals surface area contributed by atoms with E-state index in [4.69, 9.17) is 14.7 Å². The largest absolute Gasteiger partial charge is 0.450 e. The Kier molecular flexibility index (Phi) is 7.89. The van der Waals surface area contributed by atoms with Crippen LogP contribution < -0.4 is 10.6 Å². The van der Waals surface area contributed by atoms with Crippen molar-refractivity contribution in [2.24, 2.45) is 4.99 Å². The molecule has 0 radical (unpaired) electrons. The van der Waals surface area contributed by atoms with Crippen molar-refractivity contribution in [3.05, 3.63) is 16.1 Å². The van der Waals surface area contributed by atoms with E-state index in [9.17, 15) is 4.79 Å². The van der Waals surface area contributed by atoms with Crippen LogP contribution in [0.3, 0.4) is 0 Å². The molecule has 2 rings (SSSR count). The zero-order valence-electron chi connectivity index (χ0n) is 17.2. The standard InChI is InChI=1S/C19H33N5O2S/c1-6-20-17(21-12-15-13-27-16(22-15)19(3,4)5)23-14-8-10-24(11-9-14)18(25)26-7-2/h13-14H,6-12H2,1-5H3,(H2,20,21,23). The van der Waals surface area contributed by atoms with Crippen molar-refractivity contribution in [3.8, 4) is 0 Å². The molecule has 0 aliphatic carbocycles. The number of nitrogens with zero attached hydrogens (tertiary/aromatic N) is 3. The fourth-order valence-corrected chi connectivity index (χ4v) is 3.72. The molecule has 0 spiro atoms. The molecule has 1 amide bonds. The number of piperidine rings is 1. The first kappa shape index (κ1) is 21.5. The second kappa shape index (κ2) is 9.92. The van der Waals surface area contributed by atoms with Gasteiger partial charge in [-0.15, -0.1) is 11.3 Å². The first-order valence-corrected chi connectivity index (χ1v) is 10.6. The molecular formula is C19H33N5O2S. The second-order valence-corrected chi connectivity index (χ2v) is 8.55. The Morgan fingerprint density at radius 3 is 2.63 bits per heavy atom. The summed E-state index contributed by atoms with van der Waals surface area (Å²) in [7, 11) is 0. The maximum absolute atomic E-state index is 11.8. The summed E-state index contributed by atoms with van der Waals surface area (Å²) in [6.45, 7) is 13.6. The molecule has 2 N–H and O–H groups in total. The third-order valence-corrected chi connectivity index (χ3v) is 5.62. The molecule has 7 nitrogen and oxygen atoms in total. The number of carbonyl (C=O) groups is 1. The number of rotatable bonds is 5. The highest BCUT2D eigenvalue weighted by molar-refractivity contribution is 7.09. The number of aromatic nitrogens is 1. The monoisotopic (exact) mass is 395 g/mol. The quantitative estimate of drug-likeness (QED) is 0.592. The third kappa shape index (κ3) is 6.68. The van der Waals surface area contributed by atoms with Crippen molar-refractivity contribution in [2.45, 2.75) is 65.5 Å². The lowest BCUT2D eigenvalue weighted by atomic mass is 9.98. The van der Waals surface area contributed by atoms with E-state index in [0.29, 0.717) is 32.3 Å². The summed E-state index contributed by atoms with van der Waals surface area (Å²) >= 11 is 1.69. The number of ether oxygens (including phenoxy) is 1. The lowest BCUT2D eigenvalue weighted by Gasteiger charge is -2.32. The average molecular weight is 396 g/mol. The highest BCUT2D eigenvalue weighted by Crippen LogP contribution is 2.25. The van der Waals surface area contributed by atoms with E-state index in [1.54, 1.807) is 16.2 Å². The maximum atomic E-state index is 11.8. The van der Waals surface area contributed by atoms with Gasteiger partial charge in [-0.2, -0.15) is 0 Å². The zero-order valence-corrected chi connectivity index (χ0v) is 18.0. The van der Waals surface area contributed by atoms with E-state index in [0.717, 1.165) is 36.0 Å². The SMILES string of the molecule is CCNC(=NCc1csc(C(C)(C)C)n1)NC1CCN(C(=O)OCC)CC1. The number of guanidine groups is 1. The second-order valence-electron chi connectivity index (χ2n) is 7.69. The number of hydrogen-bond donors (Lipinski definition) is 2. The third-order valence-electron chi connectivity index (χ3n) is 4.30. The van der Waals surface area contributed by atoms with Gasteiger partial charge in [0.15, 0.2) is 5.96 Å². The minimum absolute atomic E-state index is 0.0717. The summed E-state index contributed by atoms with van der Waals surface area (Å²) in [5.41, 5.74) is 1.07. The Hall–Kier alpha value is -1.83. The molecule has 0 bridgehead atoms. The van der Waals surface area contributed by atoms with Crippen molar-refractivity contribution in [3.63, 3.8) is 0 Å². The van der Waals surface area contributed by atoms with Crippen LogP contribution in [0.2, 0.25) is 0 Å². The molecule has 1 aliphatic heterocycles. The van der Waals surface area contributed by atoms with E-state index in [1.807, 2.05) is 6.92 Å². The smallest absolute Gasteiger partial charge is 0.409 e. The number of aliphatic imine (C=N–C) groups is 1. The molecule has 2 heterocycles. The van der Waals surface area contributed by atoms with E-state index in [-0.39, 0.29) is 11.5 Å². The molecule has 0 aromatic carbocycles. The van der Waals surface area contributed by atoms with Crippen molar-refractivity contribution in [1.29, 1.82) is 0 Å². The summed E-state index contributed by atoms with van der Waals surface area (Å²) in [6, 6.07) is 0.300. The molecule has 1 saturated heterocycles. The van der Waals surface area contributed by atoms with E-state index in [2.05, 4.69) is 43.7 Å². The van der Waals surface area contributed by atoms with Crippen LogP contribution in [0.4, 0.5) is 4.79 Å². The lowest BCUT2D eigenvalue weighted by molar-refractivity contribution is 0.0963. The van der Waals surface area contributed by atoms with Crippen LogP contribution in [0.25, 0.3) is 0 Å². The van der Waals surface area contributed by atoms with Gasteiger partial charge in [-0.1, -0.05) is 20.8 Å². The maximum Gasteiger partial charge on any atom is 0.409 e. The van der Waals surface area contributed by atoms with Gasteiger partial charge in [0.1, 0.15) is 0 Å². The molecule has 1 aromatic heterocycles. The highest BCUT2D eigenvalue weighted by Gasteiger charge is 2.24. The van der Waals surface area contributed by atoms with Crippen LogP contribution in [-0.2, 0) is 16.7 Å². The molecule has 0 saturated carbocycles. The molecule has 1 fully saturated rings. The van der Waals surface area contributed by atoms with Gasteiger partial charge in [-0.05, 0) is 26.7 Å². The van der Waals surface area contributed by atoms with Crippen LogP contribution in [-0.4, -0.2) is 54.2 Å². The summed E-state index contributed by atoms with van der Waals surface area (Å²) in [5, 5.41) is 10.0. The van der Waals surface area contributed by atoms with Gasteiger partial charge >= 0.3 is 6.09 Å². The van der Waals surface area contributed by atoms with Crippen LogP contribution in [0.1, 0.15) is 58.2 Å². The normalized spacial score (nSPS) is 16.3. The van der Waals surface area contributed by atoms with Gasteiger partial charge in [-0.25, -0.2) is 14.8 Å².